The molecule has 266 valence electrons. The van der Waals surface area contributed by atoms with E-state index in [-0.39, 0.29) is 32.2 Å². The van der Waals surface area contributed by atoms with E-state index in [0.717, 1.165) is 67.4 Å². The van der Waals surface area contributed by atoms with Crippen LogP contribution >= 0.6 is 0 Å². The molecule has 8 aromatic rings. The van der Waals surface area contributed by atoms with Gasteiger partial charge in [-0.2, -0.15) is 0 Å². The molecule has 0 aliphatic carbocycles. The summed E-state index contributed by atoms with van der Waals surface area (Å²) in [5.74, 6) is 0.895. The van der Waals surface area contributed by atoms with Crippen LogP contribution < -0.4 is 0 Å². The van der Waals surface area contributed by atoms with Crippen LogP contribution in [0, 0.1) is 26.8 Å². The first-order valence-corrected chi connectivity index (χ1v) is 17.9. The number of phenols is 1. The standard InChI is InChI=1S/C48H42N3O.Pt/c1-30-22-31(2)46(32(3)23-30)51-42-26-34(24-33-14-8-7-9-15-33)25-41(45(42)50-47(51)40-18-10-11-20-43(40)52)37-27-36(28-38(29-37)48(4,5)6)39-19-12-16-35-17-13-21-49-44(35)39;/h7-23,25-26,28-29,52H,24H2,1-6H3;/q-1;. The molecule has 2 heterocycles. The Kier molecular flexibility index (Phi) is 9.70. The molecular weight excluding hydrogens is 830 g/mol. The van der Waals surface area contributed by atoms with E-state index >= 15 is 0 Å². The van der Waals surface area contributed by atoms with E-state index in [9.17, 15) is 5.11 Å². The van der Waals surface area contributed by atoms with Crippen LogP contribution in [0.4, 0.5) is 0 Å². The van der Waals surface area contributed by atoms with E-state index in [1.54, 1.807) is 6.07 Å². The summed E-state index contributed by atoms with van der Waals surface area (Å²) in [4.78, 5) is 10.3. The topological polar surface area (TPSA) is 50.9 Å². The molecule has 8 rings (SSSR count). The molecule has 0 fully saturated rings. The van der Waals surface area contributed by atoms with Crippen LogP contribution in [0.25, 0.3) is 61.3 Å². The van der Waals surface area contributed by atoms with Gasteiger partial charge >= 0.3 is 0 Å². The van der Waals surface area contributed by atoms with Gasteiger partial charge in [0, 0.05) is 32.8 Å². The maximum atomic E-state index is 11.3. The van der Waals surface area contributed by atoms with Crippen molar-refractivity contribution < 1.29 is 26.2 Å². The van der Waals surface area contributed by atoms with E-state index in [1.807, 2.05) is 30.5 Å². The summed E-state index contributed by atoms with van der Waals surface area (Å²) < 4.78 is 2.26. The molecule has 4 nitrogen and oxygen atoms in total. The smallest absolute Gasteiger partial charge is 0.148 e. The van der Waals surface area contributed by atoms with Crippen molar-refractivity contribution in [3.8, 4) is 45.1 Å². The summed E-state index contributed by atoms with van der Waals surface area (Å²) in [5, 5.41) is 12.4. The Morgan fingerprint density at radius 2 is 1.32 bits per heavy atom. The fourth-order valence-corrected chi connectivity index (χ4v) is 7.58. The average Bonchev–Trinajstić information content (AvgIpc) is 3.49. The summed E-state index contributed by atoms with van der Waals surface area (Å²) >= 11 is 0. The minimum Gasteiger partial charge on any atom is -0.507 e. The first kappa shape index (κ1) is 36.1. The Morgan fingerprint density at radius 1 is 0.660 bits per heavy atom. The molecule has 0 bridgehead atoms. The third kappa shape index (κ3) is 6.85. The fraction of sp³-hybridized carbons (Fsp3) is 0.167. The molecule has 0 atom stereocenters. The van der Waals surface area contributed by atoms with Crippen molar-refractivity contribution >= 4 is 21.9 Å². The normalized spacial score (nSPS) is 11.6. The van der Waals surface area contributed by atoms with Crippen LogP contribution in [0.3, 0.4) is 0 Å². The molecule has 0 amide bonds. The number of phenolic OH excluding ortho intramolecular Hbond substituents is 1. The summed E-state index contributed by atoms with van der Waals surface area (Å²) in [6.07, 6.45) is 2.62. The van der Waals surface area contributed by atoms with Crippen molar-refractivity contribution in [2.75, 3.05) is 0 Å². The molecule has 2 aromatic heterocycles. The van der Waals surface area contributed by atoms with Crippen LogP contribution in [0.5, 0.6) is 5.75 Å². The maximum Gasteiger partial charge on any atom is 0.148 e. The summed E-state index contributed by atoms with van der Waals surface area (Å²) in [6, 6.07) is 46.0. The summed E-state index contributed by atoms with van der Waals surface area (Å²) in [5.41, 5.74) is 15.6. The molecule has 6 aromatic carbocycles. The number of benzene rings is 6. The number of imidazole rings is 1. The monoisotopic (exact) mass is 871 g/mol. The zero-order valence-corrected chi connectivity index (χ0v) is 33.2. The minimum absolute atomic E-state index is 0. The molecule has 0 aliphatic rings. The van der Waals surface area contributed by atoms with Crippen LogP contribution in [-0.2, 0) is 32.9 Å². The van der Waals surface area contributed by atoms with Gasteiger partial charge in [0.15, 0.2) is 0 Å². The molecule has 1 N–H and O–H groups in total. The van der Waals surface area contributed by atoms with E-state index in [4.69, 9.17) is 9.97 Å². The number of aryl methyl sites for hydroxylation is 3. The van der Waals surface area contributed by atoms with E-state index in [1.165, 1.54) is 22.3 Å². The van der Waals surface area contributed by atoms with Crippen molar-refractivity contribution in [1.29, 1.82) is 0 Å². The second-order valence-electron chi connectivity index (χ2n) is 15.0. The molecule has 5 heteroatoms. The number of hydrogen-bond acceptors (Lipinski definition) is 3. The number of nitrogens with zero attached hydrogens (tertiary/aromatic N) is 3. The Balaban J connectivity index is 0.00000435. The van der Waals surface area contributed by atoms with Crippen LogP contribution in [0.2, 0.25) is 0 Å². The van der Waals surface area contributed by atoms with Gasteiger partial charge in [-0.25, -0.2) is 4.98 Å². The predicted octanol–water partition coefficient (Wildman–Crippen LogP) is 11.9. The Labute approximate surface area is 326 Å². The Hall–Kier alpha value is -5.31. The van der Waals surface area contributed by atoms with Gasteiger partial charge in [-0.3, -0.25) is 9.55 Å². The molecule has 0 aliphatic heterocycles. The van der Waals surface area contributed by atoms with Gasteiger partial charge in [0.2, 0.25) is 0 Å². The number of aromatic hydroxyl groups is 1. The van der Waals surface area contributed by atoms with Crippen LogP contribution in [0.1, 0.15) is 54.2 Å². The second kappa shape index (κ2) is 14.3. The largest absolute Gasteiger partial charge is 0.507 e. The molecular formula is C48H42N3OPt-. The third-order valence-corrected chi connectivity index (χ3v) is 10.0. The number of para-hydroxylation sites is 2. The van der Waals surface area contributed by atoms with Crippen molar-refractivity contribution in [3.63, 3.8) is 0 Å². The van der Waals surface area contributed by atoms with Crippen LogP contribution in [0.15, 0.2) is 128 Å². The number of fused-ring (bicyclic) bond motifs is 2. The number of hydrogen-bond donors (Lipinski definition) is 1. The van der Waals surface area contributed by atoms with Crippen molar-refractivity contribution in [1.82, 2.24) is 14.5 Å². The Bertz CT molecular complexity index is 2600. The first-order valence-electron chi connectivity index (χ1n) is 17.9. The zero-order valence-electron chi connectivity index (χ0n) is 30.9. The third-order valence-electron chi connectivity index (χ3n) is 10.0. The van der Waals surface area contributed by atoms with Crippen LogP contribution in [-0.4, -0.2) is 19.6 Å². The van der Waals surface area contributed by atoms with Gasteiger partial charge < -0.3 is 5.11 Å². The zero-order chi connectivity index (χ0) is 36.1. The molecule has 0 spiro atoms. The summed E-state index contributed by atoms with van der Waals surface area (Å²) in [7, 11) is 0. The second-order valence-corrected chi connectivity index (χ2v) is 15.0. The van der Waals surface area contributed by atoms with Crippen molar-refractivity contribution in [2.45, 2.75) is 53.4 Å². The van der Waals surface area contributed by atoms with Gasteiger partial charge in [0.25, 0.3) is 0 Å². The minimum atomic E-state index is -0.131. The quantitative estimate of drug-likeness (QED) is 0.169. The van der Waals surface area contributed by atoms with Gasteiger partial charge in [0.05, 0.1) is 22.3 Å². The van der Waals surface area contributed by atoms with Gasteiger partial charge in [-0.15, -0.1) is 34.9 Å². The number of pyridine rings is 1. The SMILES string of the molecule is Cc1cc(C)c(-n2c(-c3ccccc3O)nc3c(-c4[c-]c(-c5cccc6cccnc56)cc(C(C)(C)C)c4)cc(Cc4ccccc4)cc32)c(C)c1.[Pt]. The van der Waals surface area contributed by atoms with Gasteiger partial charge in [-0.1, -0.05) is 122 Å². The molecule has 0 unspecified atom stereocenters. The predicted molar refractivity (Wildman–Crippen MR) is 215 cm³/mol. The first-order chi connectivity index (χ1) is 25.0. The van der Waals surface area contributed by atoms with E-state index < -0.39 is 0 Å². The molecule has 0 saturated heterocycles. The molecule has 0 radical (unpaired) electrons. The van der Waals surface area contributed by atoms with E-state index in [2.05, 4.69) is 143 Å². The number of rotatable bonds is 6. The average molecular weight is 872 g/mol. The van der Waals surface area contributed by atoms with Gasteiger partial charge in [-0.05, 0) is 84.5 Å². The maximum absolute atomic E-state index is 11.3. The number of aromatic nitrogens is 3. The van der Waals surface area contributed by atoms with Crippen molar-refractivity contribution in [2.24, 2.45) is 0 Å². The van der Waals surface area contributed by atoms with Crippen molar-refractivity contribution in [3.05, 3.63) is 167 Å². The van der Waals surface area contributed by atoms with Gasteiger partial charge in [0.1, 0.15) is 11.6 Å². The Morgan fingerprint density at radius 3 is 2.04 bits per heavy atom. The van der Waals surface area contributed by atoms with E-state index in [0.29, 0.717) is 11.4 Å². The molecule has 0 saturated carbocycles. The fourth-order valence-electron chi connectivity index (χ4n) is 7.58. The summed E-state index contributed by atoms with van der Waals surface area (Å²) in [6.45, 7) is 13.2. The molecule has 53 heavy (non-hydrogen) atoms.